The number of fused-ring (bicyclic) bond motifs is 1. The normalized spacial score (nSPS) is 16.4. The molecule has 0 aliphatic carbocycles. The van der Waals surface area contributed by atoms with Gasteiger partial charge in [0.15, 0.2) is 16.6 Å². The highest BCUT2D eigenvalue weighted by atomic mass is 32.1. The molecule has 1 saturated heterocycles. The second kappa shape index (κ2) is 11.6. The summed E-state index contributed by atoms with van der Waals surface area (Å²) in [6, 6.07) is 15.1. The van der Waals surface area contributed by atoms with Crippen LogP contribution < -0.4 is 19.1 Å². The van der Waals surface area contributed by atoms with Crippen LogP contribution in [0.15, 0.2) is 60.2 Å². The van der Waals surface area contributed by atoms with E-state index in [1.807, 2.05) is 39.8 Å². The van der Waals surface area contributed by atoms with Gasteiger partial charge in [-0.05, 0) is 86.3 Å². The molecule has 1 amide bonds. The van der Waals surface area contributed by atoms with Crippen molar-refractivity contribution in [1.29, 1.82) is 0 Å². The number of ketones is 1. The third kappa shape index (κ3) is 5.25. The maximum atomic E-state index is 13.7. The van der Waals surface area contributed by atoms with E-state index in [2.05, 4.69) is 0 Å². The van der Waals surface area contributed by atoms with Crippen LogP contribution in [0, 0.1) is 13.8 Å². The number of carbonyl (C=O) groups is 2. The van der Waals surface area contributed by atoms with Crippen LogP contribution in [-0.2, 0) is 9.59 Å². The highest BCUT2D eigenvalue weighted by Gasteiger charge is 2.48. The summed E-state index contributed by atoms with van der Waals surface area (Å²) in [5, 5.41) is 11.9. The Labute approximate surface area is 242 Å². The van der Waals surface area contributed by atoms with Crippen LogP contribution in [-0.4, -0.2) is 42.1 Å². The highest BCUT2D eigenvalue weighted by Crippen LogP contribution is 2.46. The van der Waals surface area contributed by atoms with Gasteiger partial charge in [0.1, 0.15) is 11.5 Å². The van der Waals surface area contributed by atoms with E-state index in [0.717, 1.165) is 27.8 Å². The van der Waals surface area contributed by atoms with Crippen LogP contribution in [0.25, 0.3) is 16.0 Å². The minimum Gasteiger partial charge on any atom is -0.507 e. The molecule has 2 heterocycles. The number of Topliss-reactive ketones (excluding diaryl/α,β-unsaturated/α-hetero) is 1. The van der Waals surface area contributed by atoms with E-state index >= 15 is 0 Å². The van der Waals surface area contributed by atoms with E-state index in [4.69, 9.17) is 19.2 Å². The molecule has 1 unspecified atom stereocenters. The zero-order valence-corrected chi connectivity index (χ0v) is 24.5. The number of aliphatic hydroxyl groups excluding tert-OH is 1. The lowest BCUT2D eigenvalue weighted by Crippen LogP contribution is -2.29. The number of hydrogen-bond donors (Lipinski definition) is 1. The summed E-state index contributed by atoms with van der Waals surface area (Å²) in [4.78, 5) is 33.5. The molecule has 0 spiro atoms. The van der Waals surface area contributed by atoms with Gasteiger partial charge in [0, 0.05) is 5.56 Å². The Morgan fingerprint density at radius 2 is 1.76 bits per heavy atom. The monoisotopic (exact) mass is 572 g/mol. The topological polar surface area (TPSA) is 98.2 Å². The molecule has 5 rings (SSSR count). The number of benzene rings is 3. The third-order valence-electron chi connectivity index (χ3n) is 6.88. The van der Waals surface area contributed by atoms with Gasteiger partial charge in [0.2, 0.25) is 0 Å². The summed E-state index contributed by atoms with van der Waals surface area (Å²) < 4.78 is 17.9. The first-order valence-corrected chi connectivity index (χ1v) is 14.3. The number of thiazole rings is 1. The molecule has 0 radical (unpaired) electrons. The maximum Gasteiger partial charge on any atom is 0.301 e. The summed E-state index contributed by atoms with van der Waals surface area (Å²) in [5.74, 6) is -0.180. The number of methoxy groups -OCH3 is 1. The Balaban J connectivity index is 1.72. The molecule has 41 heavy (non-hydrogen) atoms. The Morgan fingerprint density at radius 3 is 2.44 bits per heavy atom. The van der Waals surface area contributed by atoms with E-state index < -0.39 is 17.7 Å². The summed E-state index contributed by atoms with van der Waals surface area (Å²) in [7, 11) is 1.55. The SMILES string of the molecule is CCCOc1ccc(C2/C(=C(\O)c3ccc(OC)cc3)C(=O)C(=O)N2c2nc3c(C)cc(C)cc3s2)cc1OCC. The molecule has 1 aliphatic rings. The predicted octanol–water partition coefficient (Wildman–Crippen LogP) is 6.74. The minimum atomic E-state index is -0.946. The Kier molecular flexibility index (Phi) is 7.99. The number of ether oxygens (including phenoxy) is 3. The fraction of sp³-hybridized carbons (Fsp3) is 0.281. The number of aryl methyl sites for hydroxylation is 2. The van der Waals surface area contributed by atoms with Crippen LogP contribution >= 0.6 is 11.3 Å². The van der Waals surface area contributed by atoms with Crippen molar-refractivity contribution < 1.29 is 28.9 Å². The fourth-order valence-corrected chi connectivity index (χ4v) is 6.17. The molecule has 1 fully saturated rings. The maximum absolute atomic E-state index is 13.7. The fourth-order valence-electron chi connectivity index (χ4n) is 5.01. The Hall–Kier alpha value is -4.37. The van der Waals surface area contributed by atoms with Crippen LogP contribution in [0.4, 0.5) is 5.13 Å². The molecule has 1 N–H and O–H groups in total. The van der Waals surface area contributed by atoms with E-state index in [9.17, 15) is 14.7 Å². The summed E-state index contributed by atoms with van der Waals surface area (Å²) in [6.07, 6.45) is 0.825. The lowest BCUT2D eigenvalue weighted by Gasteiger charge is -2.24. The molecule has 1 aromatic heterocycles. The molecule has 4 aromatic rings. The van der Waals surface area contributed by atoms with Crippen molar-refractivity contribution in [2.45, 2.75) is 40.2 Å². The van der Waals surface area contributed by atoms with Gasteiger partial charge in [-0.25, -0.2) is 4.98 Å². The molecule has 0 saturated carbocycles. The van der Waals surface area contributed by atoms with E-state index in [1.165, 1.54) is 16.2 Å². The van der Waals surface area contributed by atoms with Crippen molar-refractivity contribution in [2.24, 2.45) is 0 Å². The Bertz CT molecular complexity index is 1660. The van der Waals surface area contributed by atoms with Crippen molar-refractivity contribution in [2.75, 3.05) is 25.2 Å². The standard InChI is InChI=1S/C32H32N2O6S/c1-6-14-40-23-13-10-21(17-24(23)39-7-2)28-26(29(35)20-8-11-22(38-5)12-9-20)30(36)31(37)34(28)32-33-27-19(4)15-18(3)16-25(27)41-32/h8-13,15-17,28,35H,6-7,14H2,1-5H3/b29-26+. The van der Waals surface area contributed by atoms with Gasteiger partial charge >= 0.3 is 5.91 Å². The number of aromatic nitrogens is 1. The lowest BCUT2D eigenvalue weighted by atomic mass is 9.95. The van der Waals surface area contributed by atoms with Gasteiger partial charge in [0.25, 0.3) is 5.78 Å². The highest BCUT2D eigenvalue weighted by molar-refractivity contribution is 7.22. The Morgan fingerprint density at radius 1 is 1.00 bits per heavy atom. The van der Waals surface area contributed by atoms with Crippen molar-refractivity contribution in [3.63, 3.8) is 0 Å². The van der Waals surface area contributed by atoms with E-state index in [1.54, 1.807) is 49.6 Å². The van der Waals surface area contributed by atoms with Gasteiger partial charge in [-0.3, -0.25) is 14.5 Å². The minimum absolute atomic E-state index is 0.0306. The molecule has 8 nitrogen and oxygen atoms in total. The van der Waals surface area contributed by atoms with E-state index in [-0.39, 0.29) is 11.3 Å². The molecule has 0 bridgehead atoms. The molecule has 212 valence electrons. The molecule has 3 aromatic carbocycles. The predicted molar refractivity (Wildman–Crippen MR) is 160 cm³/mol. The molecular weight excluding hydrogens is 540 g/mol. The van der Waals surface area contributed by atoms with Crippen molar-refractivity contribution in [3.8, 4) is 17.2 Å². The van der Waals surface area contributed by atoms with Gasteiger partial charge in [-0.1, -0.05) is 30.4 Å². The molecular formula is C32H32N2O6S. The number of carbonyl (C=O) groups excluding carboxylic acids is 2. The smallest absolute Gasteiger partial charge is 0.301 e. The number of rotatable bonds is 9. The second-order valence-corrected chi connectivity index (χ2v) is 10.8. The first-order chi connectivity index (χ1) is 19.8. The molecule has 9 heteroatoms. The van der Waals surface area contributed by atoms with Gasteiger partial charge in [-0.2, -0.15) is 0 Å². The van der Waals surface area contributed by atoms with Crippen LogP contribution in [0.1, 0.15) is 48.6 Å². The summed E-state index contributed by atoms with van der Waals surface area (Å²) >= 11 is 1.34. The summed E-state index contributed by atoms with van der Waals surface area (Å²) in [6.45, 7) is 8.77. The average Bonchev–Trinajstić information content (AvgIpc) is 3.50. The van der Waals surface area contributed by atoms with Crippen molar-refractivity contribution >= 4 is 44.1 Å². The zero-order valence-electron chi connectivity index (χ0n) is 23.7. The second-order valence-electron chi connectivity index (χ2n) is 9.81. The van der Waals surface area contributed by atoms with Gasteiger partial charge in [-0.15, -0.1) is 0 Å². The first-order valence-electron chi connectivity index (χ1n) is 13.5. The largest absolute Gasteiger partial charge is 0.507 e. The van der Waals surface area contributed by atoms with E-state index in [0.29, 0.717) is 46.7 Å². The van der Waals surface area contributed by atoms with Crippen LogP contribution in [0.3, 0.4) is 0 Å². The van der Waals surface area contributed by atoms with Crippen molar-refractivity contribution in [1.82, 2.24) is 4.98 Å². The van der Waals surface area contributed by atoms with Gasteiger partial charge < -0.3 is 19.3 Å². The van der Waals surface area contributed by atoms with Crippen LogP contribution in [0.5, 0.6) is 17.2 Å². The lowest BCUT2D eigenvalue weighted by molar-refractivity contribution is -0.132. The quantitative estimate of drug-likeness (QED) is 0.135. The molecule has 1 atom stereocenters. The number of nitrogens with zero attached hydrogens (tertiary/aromatic N) is 2. The molecule has 1 aliphatic heterocycles. The first kappa shape index (κ1) is 28.2. The van der Waals surface area contributed by atoms with Gasteiger partial charge in [0.05, 0.1) is 42.2 Å². The number of anilines is 1. The average molecular weight is 573 g/mol. The number of aliphatic hydroxyl groups is 1. The summed E-state index contributed by atoms with van der Waals surface area (Å²) in [5.41, 5.74) is 3.76. The third-order valence-corrected chi connectivity index (χ3v) is 7.88. The zero-order chi connectivity index (χ0) is 29.3. The van der Waals surface area contributed by atoms with Crippen LogP contribution in [0.2, 0.25) is 0 Å². The number of amides is 1. The van der Waals surface area contributed by atoms with Crippen molar-refractivity contribution in [3.05, 3.63) is 82.4 Å². The number of hydrogen-bond acceptors (Lipinski definition) is 8.